The Morgan fingerprint density at radius 1 is 1.15 bits per heavy atom. The van der Waals surface area contributed by atoms with Crippen LogP contribution in [0.5, 0.6) is 5.75 Å². The monoisotopic (exact) mass is 382 g/mol. The van der Waals surface area contributed by atoms with Gasteiger partial charge in [0.2, 0.25) is 5.91 Å². The molecular formula is C20H22N4O2S. The van der Waals surface area contributed by atoms with Crippen LogP contribution in [-0.2, 0) is 11.2 Å². The van der Waals surface area contributed by atoms with Crippen LogP contribution in [0, 0.1) is 6.92 Å². The Hall–Kier alpha value is -2.80. The molecule has 0 aliphatic rings. The van der Waals surface area contributed by atoms with Gasteiger partial charge in [-0.1, -0.05) is 41.6 Å². The lowest BCUT2D eigenvalue weighted by molar-refractivity contribution is -0.118. The first-order valence-corrected chi connectivity index (χ1v) is 9.64. The molecule has 140 valence electrons. The van der Waals surface area contributed by atoms with E-state index in [1.807, 2.05) is 60.0 Å². The van der Waals surface area contributed by atoms with Gasteiger partial charge in [-0.2, -0.15) is 0 Å². The molecule has 3 aromatic rings. The van der Waals surface area contributed by atoms with Crippen molar-refractivity contribution >= 4 is 17.7 Å². The van der Waals surface area contributed by atoms with Crippen LogP contribution in [0.2, 0.25) is 0 Å². The number of aromatic nitrogens is 3. The summed E-state index contributed by atoms with van der Waals surface area (Å²) in [6, 6.07) is 15.9. The Morgan fingerprint density at radius 3 is 2.59 bits per heavy atom. The van der Waals surface area contributed by atoms with Crippen molar-refractivity contribution in [2.45, 2.75) is 18.5 Å². The molecule has 0 unspecified atom stereocenters. The first-order chi connectivity index (χ1) is 13.2. The van der Waals surface area contributed by atoms with Gasteiger partial charge >= 0.3 is 0 Å². The van der Waals surface area contributed by atoms with Crippen LogP contribution in [0.4, 0.5) is 0 Å². The normalized spacial score (nSPS) is 10.6. The second-order valence-electron chi connectivity index (χ2n) is 6.06. The minimum absolute atomic E-state index is 0.0213. The summed E-state index contributed by atoms with van der Waals surface area (Å²) in [5, 5.41) is 11.7. The highest BCUT2D eigenvalue weighted by atomic mass is 32.2. The van der Waals surface area contributed by atoms with Crippen LogP contribution >= 0.6 is 11.8 Å². The number of ether oxygens (including phenoxy) is 1. The number of nitrogens with zero attached hydrogens (tertiary/aromatic N) is 3. The highest BCUT2D eigenvalue weighted by Crippen LogP contribution is 2.19. The lowest BCUT2D eigenvalue weighted by Crippen LogP contribution is -2.27. The molecule has 1 aromatic heterocycles. The number of carbonyl (C=O) groups excluding carboxylic acids is 1. The molecule has 27 heavy (non-hydrogen) atoms. The maximum atomic E-state index is 12.1. The Morgan fingerprint density at radius 2 is 1.89 bits per heavy atom. The van der Waals surface area contributed by atoms with Crippen molar-refractivity contribution < 1.29 is 9.53 Å². The average molecular weight is 382 g/mol. The zero-order valence-electron chi connectivity index (χ0n) is 15.4. The van der Waals surface area contributed by atoms with E-state index >= 15 is 0 Å². The number of aryl methyl sites for hydroxylation is 1. The van der Waals surface area contributed by atoms with Crippen LogP contribution in [0.15, 0.2) is 60.0 Å². The number of hydrogen-bond acceptors (Lipinski definition) is 5. The highest BCUT2D eigenvalue weighted by Gasteiger charge is 2.10. The summed E-state index contributed by atoms with van der Waals surface area (Å²) in [6.45, 7) is 2.64. The standard InChI is InChI=1S/C20H22N4O2S/c1-15-3-7-17(8-4-15)24-14-22-23-20(24)27-13-19(25)21-12-11-16-5-9-18(26-2)10-6-16/h3-10,14H,11-13H2,1-2H3,(H,21,25). The number of carbonyl (C=O) groups is 1. The third kappa shape index (κ3) is 5.34. The number of amides is 1. The Balaban J connectivity index is 1.47. The fraction of sp³-hybridized carbons (Fsp3) is 0.250. The molecule has 1 heterocycles. The molecule has 0 aliphatic heterocycles. The van der Waals surface area contributed by atoms with Gasteiger partial charge in [0.1, 0.15) is 12.1 Å². The molecule has 1 amide bonds. The average Bonchev–Trinajstić information content (AvgIpc) is 3.16. The maximum Gasteiger partial charge on any atom is 0.230 e. The molecule has 0 aliphatic carbocycles. The van der Waals surface area contributed by atoms with Crippen LogP contribution in [0.3, 0.4) is 0 Å². The number of hydrogen-bond donors (Lipinski definition) is 1. The van der Waals surface area contributed by atoms with Gasteiger partial charge in [0.25, 0.3) is 0 Å². The zero-order valence-corrected chi connectivity index (χ0v) is 16.2. The molecule has 1 N–H and O–H groups in total. The van der Waals surface area contributed by atoms with Gasteiger partial charge in [0.05, 0.1) is 12.9 Å². The van der Waals surface area contributed by atoms with Gasteiger partial charge in [0, 0.05) is 12.2 Å². The molecule has 0 fully saturated rings. The van der Waals surface area contributed by atoms with Crippen molar-refractivity contribution in [3.05, 3.63) is 66.0 Å². The third-order valence-corrected chi connectivity index (χ3v) is 5.00. The van der Waals surface area contributed by atoms with E-state index in [4.69, 9.17) is 4.74 Å². The number of thioether (sulfide) groups is 1. The fourth-order valence-corrected chi connectivity index (χ4v) is 3.28. The lowest BCUT2D eigenvalue weighted by atomic mass is 10.1. The smallest absolute Gasteiger partial charge is 0.230 e. The summed E-state index contributed by atoms with van der Waals surface area (Å²) < 4.78 is 7.02. The predicted molar refractivity (Wildman–Crippen MR) is 107 cm³/mol. The lowest BCUT2D eigenvalue weighted by Gasteiger charge is -2.08. The molecule has 0 bridgehead atoms. The topological polar surface area (TPSA) is 69.0 Å². The molecule has 0 radical (unpaired) electrons. The van der Waals surface area contributed by atoms with Gasteiger partial charge in [-0.05, 0) is 43.2 Å². The summed E-state index contributed by atoms with van der Waals surface area (Å²) in [5.41, 5.74) is 3.33. The van der Waals surface area contributed by atoms with E-state index in [9.17, 15) is 4.79 Å². The van der Waals surface area contributed by atoms with Gasteiger partial charge < -0.3 is 10.1 Å². The van der Waals surface area contributed by atoms with Crippen molar-refractivity contribution in [1.29, 1.82) is 0 Å². The molecule has 6 nitrogen and oxygen atoms in total. The van der Waals surface area contributed by atoms with Gasteiger partial charge in [-0.25, -0.2) is 0 Å². The summed E-state index contributed by atoms with van der Waals surface area (Å²) in [4.78, 5) is 12.1. The minimum atomic E-state index is -0.0213. The van der Waals surface area contributed by atoms with Crippen LogP contribution in [0.25, 0.3) is 5.69 Å². The number of nitrogens with one attached hydrogen (secondary N) is 1. The van der Waals surface area contributed by atoms with E-state index in [1.165, 1.54) is 17.3 Å². The summed E-state index contributed by atoms with van der Waals surface area (Å²) in [7, 11) is 1.65. The second-order valence-corrected chi connectivity index (χ2v) is 7.00. The van der Waals surface area contributed by atoms with Crippen molar-refractivity contribution in [2.75, 3.05) is 19.4 Å². The van der Waals surface area contributed by atoms with Crippen molar-refractivity contribution in [3.8, 4) is 11.4 Å². The number of methoxy groups -OCH3 is 1. The van der Waals surface area contributed by atoms with Gasteiger partial charge in [-0.15, -0.1) is 10.2 Å². The molecule has 7 heteroatoms. The third-order valence-electron chi connectivity index (χ3n) is 4.06. The molecule has 0 atom stereocenters. The van der Waals surface area contributed by atoms with E-state index in [1.54, 1.807) is 13.4 Å². The first-order valence-electron chi connectivity index (χ1n) is 8.65. The van der Waals surface area contributed by atoms with Crippen molar-refractivity contribution in [1.82, 2.24) is 20.1 Å². The van der Waals surface area contributed by atoms with E-state index in [2.05, 4.69) is 15.5 Å². The Labute approximate surface area is 163 Å². The molecule has 3 rings (SSSR count). The second kappa shape index (κ2) is 9.23. The summed E-state index contributed by atoms with van der Waals surface area (Å²) in [6.07, 6.45) is 2.44. The SMILES string of the molecule is COc1ccc(CCNC(=O)CSc2nncn2-c2ccc(C)cc2)cc1. The molecule has 0 saturated carbocycles. The fourth-order valence-electron chi connectivity index (χ4n) is 2.52. The first kappa shape index (κ1) is 19.0. The van der Waals surface area contributed by atoms with Crippen molar-refractivity contribution in [2.24, 2.45) is 0 Å². The van der Waals surface area contributed by atoms with E-state index < -0.39 is 0 Å². The zero-order chi connectivity index (χ0) is 19.1. The van der Waals surface area contributed by atoms with Gasteiger partial charge in [0.15, 0.2) is 5.16 Å². The van der Waals surface area contributed by atoms with Crippen LogP contribution in [-0.4, -0.2) is 40.1 Å². The largest absolute Gasteiger partial charge is 0.497 e. The van der Waals surface area contributed by atoms with Crippen LogP contribution in [0.1, 0.15) is 11.1 Å². The molecule has 2 aromatic carbocycles. The Kier molecular flexibility index (Phi) is 6.49. The van der Waals surface area contributed by atoms with Crippen molar-refractivity contribution in [3.63, 3.8) is 0 Å². The molecule has 0 spiro atoms. The molecule has 0 saturated heterocycles. The van der Waals surface area contributed by atoms with E-state index in [-0.39, 0.29) is 5.91 Å². The quantitative estimate of drug-likeness (QED) is 0.607. The Bertz CT molecular complexity index is 876. The summed E-state index contributed by atoms with van der Waals surface area (Å²) >= 11 is 1.37. The summed E-state index contributed by atoms with van der Waals surface area (Å²) in [5.74, 6) is 1.11. The van der Waals surface area contributed by atoms with Crippen LogP contribution < -0.4 is 10.1 Å². The minimum Gasteiger partial charge on any atom is -0.497 e. The number of benzene rings is 2. The predicted octanol–water partition coefficient (Wildman–Crippen LogP) is 3.04. The van der Waals surface area contributed by atoms with E-state index in [0.29, 0.717) is 17.5 Å². The van der Waals surface area contributed by atoms with E-state index in [0.717, 1.165) is 23.4 Å². The molecular weight excluding hydrogens is 360 g/mol. The number of rotatable bonds is 8. The maximum absolute atomic E-state index is 12.1. The highest BCUT2D eigenvalue weighted by molar-refractivity contribution is 7.99. The van der Waals surface area contributed by atoms with Gasteiger partial charge in [-0.3, -0.25) is 9.36 Å².